The highest BCUT2D eigenvalue weighted by Gasteiger charge is 2.03. The zero-order valence-corrected chi connectivity index (χ0v) is 10.4. The molecule has 0 heterocycles. The summed E-state index contributed by atoms with van der Waals surface area (Å²) in [6, 6.07) is 8.30. The predicted molar refractivity (Wildman–Crippen MR) is 67.1 cm³/mol. The highest BCUT2D eigenvalue weighted by Crippen LogP contribution is 2.12. The largest absolute Gasteiger partial charge is 0.374 e. The van der Waals surface area contributed by atoms with Crippen LogP contribution in [0.1, 0.15) is 25.0 Å². The van der Waals surface area contributed by atoms with Gasteiger partial charge in [0.1, 0.15) is 0 Å². The Kier molecular flexibility index (Phi) is 4.29. The minimum atomic E-state index is 0.0918. The van der Waals surface area contributed by atoms with E-state index in [0.29, 0.717) is 0 Å². The fraction of sp³-hybridized carbons (Fsp3) is 0.357. The quantitative estimate of drug-likeness (QED) is 0.723. The van der Waals surface area contributed by atoms with Gasteiger partial charge in [-0.15, -0.1) is 0 Å². The van der Waals surface area contributed by atoms with Gasteiger partial charge in [0.05, 0.1) is 0 Å². The third kappa shape index (κ3) is 3.54. The standard InChI is InChI=1S/C14H19NO/c1-11-7-5-6-8-14(11)10-15(4)12(2)9-13(3)16/h5-9H,10H2,1-4H3/b12-9-. The second-order valence-corrected chi connectivity index (χ2v) is 4.18. The molecule has 0 aliphatic rings. The number of benzene rings is 1. The summed E-state index contributed by atoms with van der Waals surface area (Å²) in [7, 11) is 2.00. The Labute approximate surface area is 97.6 Å². The van der Waals surface area contributed by atoms with Crippen molar-refractivity contribution < 1.29 is 4.79 Å². The maximum atomic E-state index is 11.0. The fourth-order valence-corrected chi connectivity index (χ4v) is 1.57. The molecule has 1 aromatic carbocycles. The van der Waals surface area contributed by atoms with E-state index < -0.39 is 0 Å². The monoisotopic (exact) mass is 217 g/mol. The Morgan fingerprint density at radius 3 is 2.50 bits per heavy atom. The molecule has 86 valence electrons. The lowest BCUT2D eigenvalue weighted by Crippen LogP contribution is -2.16. The van der Waals surface area contributed by atoms with Gasteiger partial charge in [-0.05, 0) is 38.0 Å². The second kappa shape index (κ2) is 5.50. The number of hydrogen-bond acceptors (Lipinski definition) is 2. The van der Waals surface area contributed by atoms with Crippen molar-refractivity contribution in [2.24, 2.45) is 0 Å². The van der Waals surface area contributed by atoms with Crippen LogP contribution in [-0.2, 0) is 11.3 Å². The Balaban J connectivity index is 2.75. The van der Waals surface area contributed by atoms with Gasteiger partial charge in [0.15, 0.2) is 5.78 Å². The van der Waals surface area contributed by atoms with Gasteiger partial charge in [0.25, 0.3) is 0 Å². The Bertz CT molecular complexity index is 407. The Morgan fingerprint density at radius 1 is 1.31 bits per heavy atom. The molecule has 0 bridgehead atoms. The first kappa shape index (κ1) is 12.5. The van der Waals surface area contributed by atoms with E-state index in [1.165, 1.54) is 11.1 Å². The van der Waals surface area contributed by atoms with Crippen molar-refractivity contribution >= 4 is 5.78 Å². The van der Waals surface area contributed by atoms with Crippen molar-refractivity contribution in [1.82, 2.24) is 4.90 Å². The number of nitrogens with zero attached hydrogens (tertiary/aromatic N) is 1. The minimum absolute atomic E-state index is 0.0918. The number of rotatable bonds is 4. The number of allylic oxidation sites excluding steroid dienone is 2. The summed E-state index contributed by atoms with van der Waals surface area (Å²) in [5.41, 5.74) is 3.57. The molecule has 0 aromatic heterocycles. The normalized spacial score (nSPS) is 11.4. The Hall–Kier alpha value is -1.57. The van der Waals surface area contributed by atoms with E-state index in [0.717, 1.165) is 12.2 Å². The molecule has 0 spiro atoms. The molecule has 0 fully saturated rings. The zero-order valence-electron chi connectivity index (χ0n) is 10.4. The van der Waals surface area contributed by atoms with Gasteiger partial charge >= 0.3 is 0 Å². The van der Waals surface area contributed by atoms with Crippen LogP contribution in [-0.4, -0.2) is 17.7 Å². The second-order valence-electron chi connectivity index (χ2n) is 4.18. The van der Waals surface area contributed by atoms with Crippen molar-refractivity contribution in [3.8, 4) is 0 Å². The maximum absolute atomic E-state index is 11.0. The van der Waals surface area contributed by atoms with Crippen molar-refractivity contribution in [3.63, 3.8) is 0 Å². The van der Waals surface area contributed by atoms with Gasteiger partial charge < -0.3 is 4.90 Å². The van der Waals surface area contributed by atoms with Gasteiger partial charge in [-0.2, -0.15) is 0 Å². The van der Waals surface area contributed by atoms with E-state index >= 15 is 0 Å². The molecule has 2 heteroatoms. The summed E-state index contributed by atoms with van der Waals surface area (Å²) in [6.45, 7) is 6.47. The summed E-state index contributed by atoms with van der Waals surface area (Å²) in [5.74, 6) is 0.0918. The molecule has 0 saturated carbocycles. The molecule has 2 nitrogen and oxygen atoms in total. The predicted octanol–water partition coefficient (Wildman–Crippen LogP) is 2.92. The van der Waals surface area contributed by atoms with Crippen LogP contribution in [0, 0.1) is 6.92 Å². The van der Waals surface area contributed by atoms with Gasteiger partial charge in [0, 0.05) is 19.3 Å². The maximum Gasteiger partial charge on any atom is 0.154 e. The van der Waals surface area contributed by atoms with Crippen LogP contribution in [0.25, 0.3) is 0 Å². The number of aryl methyl sites for hydroxylation is 1. The molecular formula is C14H19NO. The van der Waals surface area contributed by atoms with E-state index in [9.17, 15) is 4.79 Å². The fourth-order valence-electron chi connectivity index (χ4n) is 1.57. The molecule has 0 N–H and O–H groups in total. The molecule has 0 atom stereocenters. The number of ketones is 1. The van der Waals surface area contributed by atoms with Crippen LogP contribution in [0.2, 0.25) is 0 Å². The van der Waals surface area contributed by atoms with Crippen LogP contribution >= 0.6 is 0 Å². The van der Waals surface area contributed by atoms with E-state index in [1.54, 1.807) is 13.0 Å². The van der Waals surface area contributed by atoms with Gasteiger partial charge in [-0.25, -0.2) is 0 Å². The van der Waals surface area contributed by atoms with Crippen molar-refractivity contribution in [2.75, 3.05) is 7.05 Å². The third-order valence-corrected chi connectivity index (χ3v) is 2.68. The van der Waals surface area contributed by atoms with Crippen LogP contribution in [0.5, 0.6) is 0 Å². The first-order chi connectivity index (χ1) is 7.50. The number of carbonyl (C=O) groups excluding carboxylic acids is 1. The van der Waals surface area contributed by atoms with E-state index in [1.807, 2.05) is 26.1 Å². The molecule has 0 unspecified atom stereocenters. The molecule has 0 aliphatic carbocycles. The number of hydrogen-bond donors (Lipinski definition) is 0. The molecular weight excluding hydrogens is 198 g/mol. The molecule has 0 amide bonds. The zero-order chi connectivity index (χ0) is 12.1. The molecule has 0 radical (unpaired) electrons. The summed E-state index contributed by atoms with van der Waals surface area (Å²) in [6.07, 6.45) is 1.66. The minimum Gasteiger partial charge on any atom is -0.374 e. The highest BCUT2D eigenvalue weighted by molar-refractivity contribution is 5.87. The first-order valence-corrected chi connectivity index (χ1v) is 5.45. The van der Waals surface area contributed by atoms with Crippen molar-refractivity contribution in [1.29, 1.82) is 0 Å². The average molecular weight is 217 g/mol. The van der Waals surface area contributed by atoms with Crippen LogP contribution in [0.3, 0.4) is 0 Å². The molecule has 0 aliphatic heterocycles. The van der Waals surface area contributed by atoms with Gasteiger partial charge in [0.2, 0.25) is 0 Å². The highest BCUT2D eigenvalue weighted by atomic mass is 16.1. The van der Waals surface area contributed by atoms with Crippen LogP contribution in [0.15, 0.2) is 36.0 Å². The van der Waals surface area contributed by atoms with Crippen molar-refractivity contribution in [3.05, 3.63) is 47.2 Å². The van der Waals surface area contributed by atoms with Crippen molar-refractivity contribution in [2.45, 2.75) is 27.3 Å². The third-order valence-electron chi connectivity index (χ3n) is 2.68. The lowest BCUT2D eigenvalue weighted by atomic mass is 10.1. The lowest BCUT2D eigenvalue weighted by Gasteiger charge is -2.20. The molecule has 1 aromatic rings. The first-order valence-electron chi connectivity index (χ1n) is 5.45. The number of carbonyl (C=O) groups is 1. The van der Waals surface area contributed by atoms with Gasteiger partial charge in [-0.1, -0.05) is 24.3 Å². The summed E-state index contributed by atoms with van der Waals surface area (Å²) < 4.78 is 0. The van der Waals surface area contributed by atoms with E-state index in [2.05, 4.69) is 24.0 Å². The van der Waals surface area contributed by atoms with Crippen LogP contribution < -0.4 is 0 Å². The summed E-state index contributed by atoms with van der Waals surface area (Å²) in [5, 5.41) is 0. The van der Waals surface area contributed by atoms with Crippen LogP contribution in [0.4, 0.5) is 0 Å². The summed E-state index contributed by atoms with van der Waals surface area (Å²) >= 11 is 0. The SMILES string of the molecule is CC(=O)/C=C(/C)N(C)Cc1ccccc1C. The van der Waals surface area contributed by atoms with Gasteiger partial charge in [-0.3, -0.25) is 4.79 Å². The van der Waals surface area contributed by atoms with E-state index in [4.69, 9.17) is 0 Å². The smallest absolute Gasteiger partial charge is 0.154 e. The molecule has 1 rings (SSSR count). The topological polar surface area (TPSA) is 20.3 Å². The summed E-state index contributed by atoms with van der Waals surface area (Å²) in [4.78, 5) is 13.1. The average Bonchev–Trinajstić information content (AvgIpc) is 2.20. The molecule has 0 saturated heterocycles. The lowest BCUT2D eigenvalue weighted by molar-refractivity contribution is -0.112. The van der Waals surface area contributed by atoms with E-state index in [-0.39, 0.29) is 5.78 Å². The molecule has 16 heavy (non-hydrogen) atoms. The Morgan fingerprint density at radius 2 is 1.94 bits per heavy atom.